The summed E-state index contributed by atoms with van der Waals surface area (Å²) in [5.74, 6) is -1.28. The minimum Gasteiger partial charge on any atom is -0.339 e. The van der Waals surface area contributed by atoms with Crippen molar-refractivity contribution in [2.45, 2.75) is 5.03 Å². The average Bonchev–Trinajstić information content (AvgIpc) is 2.87. The van der Waals surface area contributed by atoms with Crippen LogP contribution in [0.5, 0.6) is 0 Å². The molecule has 9 heteroatoms. The van der Waals surface area contributed by atoms with E-state index in [2.05, 4.69) is 15.0 Å². The van der Waals surface area contributed by atoms with Gasteiger partial charge in [0, 0.05) is 13.2 Å². The number of aromatic nitrogens is 2. The van der Waals surface area contributed by atoms with Crippen LogP contribution in [0.4, 0.5) is 10.1 Å². The Balaban J connectivity index is 1.97. The highest BCUT2D eigenvalue weighted by molar-refractivity contribution is 7.89. The van der Waals surface area contributed by atoms with Crippen LogP contribution in [0.3, 0.4) is 0 Å². The summed E-state index contributed by atoms with van der Waals surface area (Å²) in [5.41, 5.74) is -0.0143. The van der Waals surface area contributed by atoms with Crippen molar-refractivity contribution < 1.29 is 17.6 Å². The van der Waals surface area contributed by atoms with E-state index in [1.807, 2.05) is 0 Å². The molecule has 0 aliphatic carbocycles. The van der Waals surface area contributed by atoms with Gasteiger partial charge in [0.25, 0.3) is 10.0 Å². The molecule has 1 amide bonds. The molecule has 0 spiro atoms. The number of hydrogen-bond acceptors (Lipinski definition) is 4. The molecule has 0 aliphatic rings. The Kier molecular flexibility index (Phi) is 4.34. The lowest BCUT2D eigenvalue weighted by Gasteiger charge is -2.07. The van der Waals surface area contributed by atoms with Gasteiger partial charge in [-0.25, -0.2) is 22.5 Å². The van der Waals surface area contributed by atoms with E-state index >= 15 is 0 Å². The first-order valence-electron chi connectivity index (χ1n) is 5.90. The Hall–Kier alpha value is -2.26. The number of benzene rings is 1. The lowest BCUT2D eigenvalue weighted by atomic mass is 10.3. The van der Waals surface area contributed by atoms with E-state index in [0.29, 0.717) is 0 Å². The highest BCUT2D eigenvalue weighted by atomic mass is 32.2. The van der Waals surface area contributed by atoms with Crippen molar-refractivity contribution in [1.29, 1.82) is 0 Å². The van der Waals surface area contributed by atoms with Crippen LogP contribution in [-0.2, 0) is 21.9 Å². The zero-order chi connectivity index (χ0) is 15.5. The Labute approximate surface area is 120 Å². The number of halogens is 1. The Morgan fingerprint density at radius 3 is 2.71 bits per heavy atom. The maximum Gasteiger partial charge on any atom is 0.260 e. The van der Waals surface area contributed by atoms with Gasteiger partial charge in [-0.2, -0.15) is 0 Å². The fourth-order valence-corrected chi connectivity index (χ4v) is 2.48. The lowest BCUT2D eigenvalue weighted by molar-refractivity contribution is -0.115. The maximum absolute atomic E-state index is 13.3. The number of sulfonamides is 1. The van der Waals surface area contributed by atoms with Gasteiger partial charge in [0.1, 0.15) is 5.82 Å². The standard InChI is InChI=1S/C12H13FN4O3S/c1-17-7-12(14-8-17)21(19,20)15-6-11(18)16-10-5-3-2-4-9(10)13/h2-5,7-8,15H,6H2,1H3,(H,16,18). The molecule has 0 bridgehead atoms. The summed E-state index contributed by atoms with van der Waals surface area (Å²) in [6, 6.07) is 5.60. The number of para-hydroxylation sites is 1. The molecule has 2 aromatic rings. The zero-order valence-electron chi connectivity index (χ0n) is 11.1. The number of imidazole rings is 1. The molecule has 0 aliphatic heterocycles. The molecule has 0 saturated heterocycles. The molecular formula is C12H13FN4O3S. The van der Waals surface area contributed by atoms with Gasteiger partial charge in [0.05, 0.1) is 18.6 Å². The normalized spacial score (nSPS) is 11.3. The number of nitrogens with one attached hydrogen (secondary N) is 2. The Morgan fingerprint density at radius 2 is 2.10 bits per heavy atom. The smallest absolute Gasteiger partial charge is 0.260 e. The van der Waals surface area contributed by atoms with Gasteiger partial charge in [-0.1, -0.05) is 12.1 Å². The molecule has 0 saturated carbocycles. The largest absolute Gasteiger partial charge is 0.339 e. The number of hydrogen-bond donors (Lipinski definition) is 2. The Bertz CT molecular complexity index is 757. The number of carbonyl (C=O) groups excluding carboxylic acids is 1. The molecular weight excluding hydrogens is 299 g/mol. The fraction of sp³-hybridized carbons (Fsp3) is 0.167. The minimum absolute atomic E-state index is 0.0143. The van der Waals surface area contributed by atoms with Crippen molar-refractivity contribution in [2.75, 3.05) is 11.9 Å². The molecule has 0 fully saturated rings. The van der Waals surface area contributed by atoms with Gasteiger partial charge in [-0.05, 0) is 12.1 Å². The molecule has 1 aromatic heterocycles. The number of rotatable bonds is 5. The van der Waals surface area contributed by atoms with Gasteiger partial charge in [-0.15, -0.1) is 0 Å². The summed E-state index contributed by atoms with van der Waals surface area (Å²) in [7, 11) is -2.25. The fourth-order valence-electron chi connectivity index (χ4n) is 1.52. The quantitative estimate of drug-likeness (QED) is 0.839. The van der Waals surface area contributed by atoms with Gasteiger partial charge in [0.15, 0.2) is 5.03 Å². The van der Waals surface area contributed by atoms with Crippen LogP contribution in [-0.4, -0.2) is 30.4 Å². The molecule has 1 aromatic carbocycles. The van der Waals surface area contributed by atoms with Crippen molar-refractivity contribution in [3.05, 3.63) is 42.6 Å². The van der Waals surface area contributed by atoms with E-state index in [0.717, 1.165) is 0 Å². The second-order valence-corrected chi connectivity index (χ2v) is 5.94. The van der Waals surface area contributed by atoms with Gasteiger partial charge in [0.2, 0.25) is 5.91 Å². The predicted octanol–water partition coefficient (Wildman–Crippen LogP) is 0.476. The van der Waals surface area contributed by atoms with Gasteiger partial charge in [-0.3, -0.25) is 4.79 Å². The molecule has 21 heavy (non-hydrogen) atoms. The van der Waals surface area contributed by atoms with E-state index in [9.17, 15) is 17.6 Å². The number of carbonyl (C=O) groups is 1. The van der Waals surface area contributed by atoms with Crippen LogP contribution in [0.1, 0.15) is 0 Å². The van der Waals surface area contributed by atoms with E-state index in [-0.39, 0.29) is 10.7 Å². The minimum atomic E-state index is -3.87. The first kappa shape index (κ1) is 15.1. The Morgan fingerprint density at radius 1 is 1.38 bits per heavy atom. The first-order valence-corrected chi connectivity index (χ1v) is 7.39. The third kappa shape index (κ3) is 3.86. The topological polar surface area (TPSA) is 93.1 Å². The third-order valence-electron chi connectivity index (χ3n) is 2.53. The van der Waals surface area contributed by atoms with Crippen LogP contribution < -0.4 is 10.0 Å². The zero-order valence-corrected chi connectivity index (χ0v) is 11.9. The number of aryl methyl sites for hydroxylation is 1. The summed E-state index contributed by atoms with van der Waals surface area (Å²) in [5, 5.41) is 2.08. The summed E-state index contributed by atoms with van der Waals surface area (Å²) in [4.78, 5) is 15.3. The van der Waals surface area contributed by atoms with E-state index in [1.54, 1.807) is 13.1 Å². The molecule has 0 radical (unpaired) electrons. The number of nitrogens with zero attached hydrogens (tertiary/aromatic N) is 2. The monoisotopic (exact) mass is 312 g/mol. The predicted molar refractivity (Wildman–Crippen MR) is 73.4 cm³/mol. The van der Waals surface area contributed by atoms with Gasteiger partial charge < -0.3 is 9.88 Å². The number of amides is 1. The maximum atomic E-state index is 13.3. The molecule has 0 atom stereocenters. The van der Waals surface area contributed by atoms with Crippen LogP contribution in [0.2, 0.25) is 0 Å². The molecule has 112 valence electrons. The van der Waals surface area contributed by atoms with Crippen LogP contribution in [0.25, 0.3) is 0 Å². The molecule has 1 heterocycles. The summed E-state index contributed by atoms with van der Waals surface area (Å²) in [6.45, 7) is -0.521. The van der Waals surface area contributed by atoms with Crippen molar-refractivity contribution >= 4 is 21.6 Å². The second kappa shape index (κ2) is 6.02. The second-order valence-electron chi connectivity index (χ2n) is 4.23. The van der Waals surface area contributed by atoms with E-state index in [1.165, 1.54) is 35.3 Å². The SMILES string of the molecule is Cn1cnc(S(=O)(=O)NCC(=O)Nc2ccccc2F)c1. The number of anilines is 1. The average molecular weight is 312 g/mol. The van der Waals surface area contributed by atoms with Gasteiger partial charge >= 0.3 is 0 Å². The molecule has 0 unspecified atom stereocenters. The van der Waals surface area contributed by atoms with E-state index in [4.69, 9.17) is 0 Å². The highest BCUT2D eigenvalue weighted by Crippen LogP contribution is 2.12. The van der Waals surface area contributed by atoms with Crippen LogP contribution in [0, 0.1) is 5.82 Å². The molecule has 2 N–H and O–H groups in total. The van der Waals surface area contributed by atoms with Crippen molar-refractivity contribution in [3.8, 4) is 0 Å². The lowest BCUT2D eigenvalue weighted by Crippen LogP contribution is -2.33. The molecule has 2 rings (SSSR count). The summed E-state index contributed by atoms with van der Waals surface area (Å²) >= 11 is 0. The molecule has 7 nitrogen and oxygen atoms in total. The summed E-state index contributed by atoms with van der Waals surface area (Å²) in [6.07, 6.45) is 2.63. The van der Waals surface area contributed by atoms with Crippen molar-refractivity contribution in [3.63, 3.8) is 0 Å². The van der Waals surface area contributed by atoms with Crippen LogP contribution in [0.15, 0.2) is 41.8 Å². The van der Waals surface area contributed by atoms with Crippen LogP contribution >= 0.6 is 0 Å². The summed E-state index contributed by atoms with van der Waals surface area (Å²) < 4.78 is 40.5. The van der Waals surface area contributed by atoms with E-state index < -0.39 is 28.3 Å². The highest BCUT2D eigenvalue weighted by Gasteiger charge is 2.18. The first-order chi connectivity index (χ1) is 9.88. The third-order valence-corrected chi connectivity index (χ3v) is 3.81. The van der Waals surface area contributed by atoms with Crippen molar-refractivity contribution in [2.24, 2.45) is 7.05 Å². The van der Waals surface area contributed by atoms with Crippen molar-refractivity contribution in [1.82, 2.24) is 14.3 Å².